The number of piperidine rings is 1. The molecule has 116 valence electrons. The molecule has 0 saturated carbocycles. The van der Waals surface area contributed by atoms with Crippen molar-refractivity contribution in [1.29, 1.82) is 0 Å². The van der Waals surface area contributed by atoms with Crippen LogP contribution in [-0.4, -0.2) is 24.1 Å². The minimum Gasteiger partial charge on any atom is -0.317 e. The van der Waals surface area contributed by atoms with E-state index in [0.717, 1.165) is 0 Å². The molecule has 0 aromatic heterocycles. The lowest BCUT2D eigenvalue weighted by Crippen LogP contribution is -2.50. The second kappa shape index (κ2) is 6.66. The summed E-state index contributed by atoms with van der Waals surface area (Å²) >= 11 is 0. The van der Waals surface area contributed by atoms with E-state index in [9.17, 15) is 0 Å². The number of rotatable bonds is 4. The van der Waals surface area contributed by atoms with Crippen LogP contribution in [0.1, 0.15) is 38.7 Å². The summed E-state index contributed by atoms with van der Waals surface area (Å²) in [6.07, 6.45) is 6.60. The second-order valence-corrected chi connectivity index (χ2v) is 7.11. The summed E-state index contributed by atoms with van der Waals surface area (Å²) in [5.74, 6) is 0. The zero-order valence-corrected chi connectivity index (χ0v) is 14.0. The fourth-order valence-corrected chi connectivity index (χ4v) is 3.76. The molecular formula is C21H28N+. The van der Waals surface area contributed by atoms with E-state index in [4.69, 9.17) is 0 Å². The smallest absolute Gasteiger partial charge is 0.105 e. The van der Waals surface area contributed by atoms with Gasteiger partial charge in [0, 0.05) is 5.56 Å². The molecule has 1 heterocycles. The van der Waals surface area contributed by atoms with E-state index in [2.05, 4.69) is 62.4 Å². The lowest BCUT2D eigenvalue weighted by atomic mass is 10.0. The molecule has 0 N–H and O–H groups in total. The number of allylic oxidation sites excluding steroid dienone is 1. The van der Waals surface area contributed by atoms with E-state index in [1.54, 1.807) is 0 Å². The van der Waals surface area contributed by atoms with Crippen LogP contribution in [0.4, 0.5) is 0 Å². The van der Waals surface area contributed by atoms with Crippen molar-refractivity contribution in [3.63, 3.8) is 0 Å². The highest BCUT2D eigenvalue weighted by Gasteiger charge is 2.29. The van der Waals surface area contributed by atoms with Crippen molar-refractivity contribution in [1.82, 2.24) is 0 Å². The Morgan fingerprint density at radius 2 is 1.68 bits per heavy atom. The van der Waals surface area contributed by atoms with Gasteiger partial charge >= 0.3 is 0 Å². The van der Waals surface area contributed by atoms with Crippen molar-refractivity contribution in [3.05, 3.63) is 59.7 Å². The second-order valence-electron chi connectivity index (χ2n) is 7.11. The number of fused-ring (bicyclic) bond motifs is 1. The third-order valence-electron chi connectivity index (χ3n) is 5.04. The SMILES string of the molecule is CC(C)=CC[N+]1(Cc2cccc3ccccc23)CCCCC1. The molecule has 2 aromatic carbocycles. The van der Waals surface area contributed by atoms with Crippen molar-refractivity contribution < 1.29 is 4.48 Å². The van der Waals surface area contributed by atoms with Crippen LogP contribution in [0.2, 0.25) is 0 Å². The first kappa shape index (κ1) is 15.3. The molecule has 0 atom stereocenters. The van der Waals surface area contributed by atoms with E-state index in [0.29, 0.717) is 0 Å². The van der Waals surface area contributed by atoms with Gasteiger partial charge in [0.1, 0.15) is 6.54 Å². The van der Waals surface area contributed by atoms with Gasteiger partial charge in [-0.25, -0.2) is 0 Å². The molecule has 1 aliphatic heterocycles. The molecule has 0 spiro atoms. The first-order valence-electron chi connectivity index (χ1n) is 8.64. The highest BCUT2D eigenvalue weighted by Crippen LogP contribution is 2.27. The van der Waals surface area contributed by atoms with Crippen molar-refractivity contribution in [2.24, 2.45) is 0 Å². The highest BCUT2D eigenvalue weighted by atomic mass is 15.3. The number of likely N-dealkylation sites (tertiary alicyclic amines) is 1. The minimum absolute atomic E-state index is 1.17. The Hall–Kier alpha value is -1.60. The van der Waals surface area contributed by atoms with Gasteiger partial charge in [0.15, 0.2) is 0 Å². The average Bonchev–Trinajstić information content (AvgIpc) is 2.54. The van der Waals surface area contributed by atoms with E-state index >= 15 is 0 Å². The molecule has 0 radical (unpaired) electrons. The third kappa shape index (κ3) is 3.41. The average molecular weight is 294 g/mol. The summed E-state index contributed by atoms with van der Waals surface area (Å²) in [6.45, 7) is 9.45. The molecule has 0 amide bonds. The predicted octanol–water partition coefficient (Wildman–Crippen LogP) is 5.31. The maximum Gasteiger partial charge on any atom is 0.105 e. The zero-order chi connectivity index (χ0) is 15.4. The van der Waals surface area contributed by atoms with Gasteiger partial charge in [-0.15, -0.1) is 0 Å². The minimum atomic E-state index is 1.17. The fraction of sp³-hybridized carbons (Fsp3) is 0.429. The zero-order valence-electron chi connectivity index (χ0n) is 14.0. The van der Waals surface area contributed by atoms with Crippen LogP contribution >= 0.6 is 0 Å². The summed E-state index contributed by atoms with van der Waals surface area (Å²) in [6, 6.07) is 15.6. The van der Waals surface area contributed by atoms with Gasteiger partial charge < -0.3 is 4.48 Å². The first-order valence-corrected chi connectivity index (χ1v) is 8.64. The van der Waals surface area contributed by atoms with E-state index < -0.39 is 0 Å². The summed E-state index contributed by atoms with van der Waals surface area (Å²) < 4.78 is 1.24. The van der Waals surface area contributed by atoms with Crippen LogP contribution in [0.15, 0.2) is 54.1 Å². The van der Waals surface area contributed by atoms with Crippen LogP contribution in [0, 0.1) is 0 Å². The standard InChI is InChI=1S/C21H28N/c1-18(2)13-16-22(14-6-3-7-15-22)17-20-11-8-10-19-9-4-5-12-21(19)20/h4-5,8-13H,3,6-7,14-17H2,1-2H3/q+1. The van der Waals surface area contributed by atoms with Gasteiger partial charge in [-0.1, -0.05) is 48.0 Å². The maximum atomic E-state index is 2.44. The molecule has 1 fully saturated rings. The van der Waals surface area contributed by atoms with Crippen LogP contribution in [-0.2, 0) is 6.54 Å². The van der Waals surface area contributed by atoms with Gasteiger partial charge in [0.25, 0.3) is 0 Å². The summed E-state index contributed by atoms with van der Waals surface area (Å²) in [4.78, 5) is 0. The molecule has 2 aromatic rings. The van der Waals surface area contributed by atoms with Gasteiger partial charge in [-0.3, -0.25) is 0 Å². The predicted molar refractivity (Wildman–Crippen MR) is 95.8 cm³/mol. The monoisotopic (exact) mass is 294 g/mol. The van der Waals surface area contributed by atoms with Crippen molar-refractivity contribution >= 4 is 10.8 Å². The van der Waals surface area contributed by atoms with E-state index in [1.807, 2.05) is 0 Å². The number of hydrogen-bond donors (Lipinski definition) is 0. The third-order valence-corrected chi connectivity index (χ3v) is 5.04. The summed E-state index contributed by atoms with van der Waals surface area (Å²) in [5.41, 5.74) is 2.96. The normalized spacial score (nSPS) is 17.4. The maximum absolute atomic E-state index is 2.44. The molecule has 0 unspecified atom stereocenters. The number of nitrogens with zero attached hydrogens (tertiary/aromatic N) is 1. The number of quaternary nitrogens is 1. The van der Waals surface area contributed by atoms with Gasteiger partial charge in [-0.05, 0) is 50.0 Å². The van der Waals surface area contributed by atoms with Crippen LogP contribution in [0.25, 0.3) is 10.8 Å². The Bertz CT molecular complexity index is 653. The molecular weight excluding hydrogens is 266 g/mol. The summed E-state index contributed by atoms with van der Waals surface area (Å²) in [7, 11) is 0. The number of hydrogen-bond acceptors (Lipinski definition) is 0. The van der Waals surface area contributed by atoms with E-state index in [1.165, 1.54) is 71.8 Å². The first-order chi connectivity index (χ1) is 10.7. The Morgan fingerprint density at radius 1 is 0.955 bits per heavy atom. The highest BCUT2D eigenvalue weighted by molar-refractivity contribution is 5.85. The van der Waals surface area contributed by atoms with Crippen LogP contribution in [0.5, 0.6) is 0 Å². The van der Waals surface area contributed by atoms with Gasteiger partial charge in [-0.2, -0.15) is 0 Å². The quantitative estimate of drug-likeness (QED) is 0.530. The van der Waals surface area contributed by atoms with Crippen LogP contribution in [0.3, 0.4) is 0 Å². The Labute approximate surface area is 134 Å². The largest absolute Gasteiger partial charge is 0.317 e. The molecule has 1 nitrogen and oxygen atoms in total. The fourth-order valence-electron chi connectivity index (χ4n) is 3.76. The van der Waals surface area contributed by atoms with Gasteiger partial charge in [0.05, 0.1) is 19.6 Å². The molecule has 0 aliphatic carbocycles. The van der Waals surface area contributed by atoms with E-state index in [-0.39, 0.29) is 0 Å². The lowest BCUT2D eigenvalue weighted by molar-refractivity contribution is -0.939. The summed E-state index contributed by atoms with van der Waals surface area (Å²) in [5, 5.41) is 2.81. The Balaban J connectivity index is 1.93. The number of benzene rings is 2. The van der Waals surface area contributed by atoms with Gasteiger partial charge in [0.2, 0.25) is 0 Å². The topological polar surface area (TPSA) is 0 Å². The Morgan fingerprint density at radius 3 is 2.45 bits per heavy atom. The molecule has 0 bridgehead atoms. The molecule has 3 rings (SSSR count). The molecule has 1 heteroatoms. The van der Waals surface area contributed by atoms with Crippen molar-refractivity contribution in [2.45, 2.75) is 39.7 Å². The van der Waals surface area contributed by atoms with Crippen molar-refractivity contribution in [3.8, 4) is 0 Å². The molecule has 1 aliphatic rings. The molecule has 22 heavy (non-hydrogen) atoms. The van der Waals surface area contributed by atoms with Crippen molar-refractivity contribution in [2.75, 3.05) is 19.6 Å². The molecule has 1 saturated heterocycles. The lowest BCUT2D eigenvalue weighted by Gasteiger charge is -2.41. The van der Waals surface area contributed by atoms with Crippen LogP contribution < -0.4 is 0 Å². The Kier molecular flexibility index (Phi) is 4.63.